The van der Waals surface area contributed by atoms with Crippen molar-refractivity contribution in [2.45, 2.75) is 31.2 Å². The minimum absolute atomic E-state index is 0.0261. The second-order valence-electron chi connectivity index (χ2n) is 6.60. The number of hydrogen-bond acceptors (Lipinski definition) is 6. The summed E-state index contributed by atoms with van der Waals surface area (Å²) in [6.45, 7) is 0.422. The second-order valence-corrected chi connectivity index (χ2v) is 8.14. The number of nitrogens with zero attached hydrogens (tertiary/aromatic N) is 2. The summed E-state index contributed by atoms with van der Waals surface area (Å²) in [7, 11) is -5.81. The summed E-state index contributed by atoms with van der Waals surface area (Å²) in [6.07, 6.45) is 4.32. The van der Waals surface area contributed by atoms with Crippen LogP contribution in [0.2, 0.25) is 0 Å². The zero-order valence-electron chi connectivity index (χ0n) is 16.2. The summed E-state index contributed by atoms with van der Waals surface area (Å²) in [6, 6.07) is 10.9. The first-order valence-corrected chi connectivity index (χ1v) is 10.8. The second kappa shape index (κ2) is 9.38. The van der Waals surface area contributed by atoms with Crippen LogP contribution in [0.15, 0.2) is 60.4 Å². The molecule has 0 aliphatic carbocycles. The molecule has 1 amide bonds. The molecule has 0 unspecified atom stereocenters. The predicted octanol–water partition coefficient (Wildman–Crippen LogP) is 4.42. The molecule has 0 saturated heterocycles. The van der Waals surface area contributed by atoms with Crippen LogP contribution in [0.1, 0.15) is 25.0 Å². The molecule has 166 valence electrons. The van der Waals surface area contributed by atoms with E-state index in [0.29, 0.717) is 18.0 Å². The molecule has 0 saturated carbocycles. The van der Waals surface area contributed by atoms with Crippen molar-refractivity contribution in [2.24, 2.45) is 0 Å². The lowest BCUT2D eigenvalue weighted by Gasteiger charge is -2.28. The van der Waals surface area contributed by atoms with Gasteiger partial charge in [0.05, 0.1) is 5.69 Å². The van der Waals surface area contributed by atoms with Gasteiger partial charge in [-0.05, 0) is 49.9 Å². The van der Waals surface area contributed by atoms with Crippen LogP contribution in [0.25, 0.3) is 0 Å². The number of carbonyl (C=O) groups excluding carboxylic acids is 1. The smallest absolute Gasteiger partial charge is 0.410 e. The number of allylic oxidation sites excluding steroid dienone is 2. The third-order valence-corrected chi connectivity index (χ3v) is 5.40. The van der Waals surface area contributed by atoms with Gasteiger partial charge in [-0.25, -0.2) is 4.79 Å². The fourth-order valence-electron chi connectivity index (χ4n) is 2.96. The van der Waals surface area contributed by atoms with Gasteiger partial charge in [-0.15, -0.1) is 0 Å². The highest BCUT2D eigenvalue weighted by Gasteiger charge is 2.48. The van der Waals surface area contributed by atoms with Gasteiger partial charge in [-0.2, -0.15) is 21.6 Å². The first kappa shape index (κ1) is 22.6. The molecule has 3 rings (SSSR count). The van der Waals surface area contributed by atoms with Gasteiger partial charge in [0.2, 0.25) is 0 Å². The maximum Gasteiger partial charge on any atom is 0.534 e. The lowest BCUT2D eigenvalue weighted by Crippen LogP contribution is -2.35. The number of amides is 1. The standard InChI is InChI=1S/C20H19F3N2O5S/c21-20(22,23)31(27,28)30-18-10-6-13-24-17(18)12-11-15-7-4-5-14-25(15)19(26)29-16-8-2-1-3-9-16/h1-3,6-10,13H,4-5,11-12,14H2. The highest BCUT2D eigenvalue weighted by Crippen LogP contribution is 2.30. The first-order valence-electron chi connectivity index (χ1n) is 9.35. The molecule has 0 bridgehead atoms. The number of aryl methyl sites for hydroxylation is 1. The van der Waals surface area contributed by atoms with Crippen LogP contribution in [-0.4, -0.2) is 36.4 Å². The van der Waals surface area contributed by atoms with Crippen LogP contribution in [-0.2, 0) is 16.5 Å². The van der Waals surface area contributed by atoms with Gasteiger partial charge >= 0.3 is 21.7 Å². The molecule has 2 aromatic rings. The molecular weight excluding hydrogens is 437 g/mol. The number of rotatable bonds is 6. The number of benzene rings is 1. The summed E-state index contributed by atoms with van der Waals surface area (Å²) < 4.78 is 70.2. The van der Waals surface area contributed by atoms with E-state index in [0.717, 1.165) is 18.9 Å². The molecule has 0 fully saturated rings. The molecule has 11 heteroatoms. The van der Waals surface area contributed by atoms with Gasteiger partial charge in [0.25, 0.3) is 0 Å². The Labute approximate surface area is 177 Å². The van der Waals surface area contributed by atoms with E-state index in [2.05, 4.69) is 9.17 Å². The molecule has 0 atom stereocenters. The lowest BCUT2D eigenvalue weighted by atomic mass is 10.1. The van der Waals surface area contributed by atoms with E-state index in [1.807, 2.05) is 6.08 Å². The highest BCUT2D eigenvalue weighted by molar-refractivity contribution is 7.88. The Balaban J connectivity index is 1.71. The first-order chi connectivity index (χ1) is 14.7. The summed E-state index contributed by atoms with van der Waals surface area (Å²) >= 11 is 0. The fraction of sp³-hybridized carbons (Fsp3) is 0.300. The Morgan fingerprint density at radius 3 is 2.55 bits per heavy atom. The van der Waals surface area contributed by atoms with Gasteiger partial charge in [0, 0.05) is 18.4 Å². The quantitative estimate of drug-likeness (QED) is 0.473. The number of halogens is 3. The van der Waals surface area contributed by atoms with Crippen molar-refractivity contribution in [3.8, 4) is 11.5 Å². The van der Waals surface area contributed by atoms with E-state index in [1.54, 1.807) is 30.3 Å². The number of para-hydroxylation sites is 1. The zero-order chi connectivity index (χ0) is 22.5. The molecule has 1 aromatic carbocycles. The monoisotopic (exact) mass is 456 g/mol. The molecule has 31 heavy (non-hydrogen) atoms. The molecule has 1 aliphatic rings. The molecule has 0 radical (unpaired) electrons. The van der Waals surface area contributed by atoms with Crippen molar-refractivity contribution in [1.29, 1.82) is 0 Å². The molecule has 1 aromatic heterocycles. The minimum atomic E-state index is -5.81. The Morgan fingerprint density at radius 2 is 1.84 bits per heavy atom. The van der Waals surface area contributed by atoms with E-state index in [1.165, 1.54) is 17.2 Å². The largest absolute Gasteiger partial charge is 0.534 e. The number of alkyl halides is 3. The highest BCUT2D eigenvalue weighted by atomic mass is 32.2. The zero-order valence-corrected chi connectivity index (χ0v) is 17.0. The van der Waals surface area contributed by atoms with Gasteiger partial charge < -0.3 is 8.92 Å². The Hall–Kier alpha value is -3.08. The summed E-state index contributed by atoms with van der Waals surface area (Å²) in [4.78, 5) is 18.0. The van der Waals surface area contributed by atoms with Crippen LogP contribution in [0, 0.1) is 0 Å². The van der Waals surface area contributed by atoms with E-state index >= 15 is 0 Å². The third-order valence-electron chi connectivity index (χ3n) is 4.43. The maximum atomic E-state index is 12.6. The SMILES string of the molecule is O=C(Oc1ccccc1)N1CCCC=C1CCc1ncccc1OS(=O)(=O)C(F)(F)F. The number of aromatic nitrogens is 1. The van der Waals surface area contributed by atoms with Crippen molar-refractivity contribution < 1.29 is 35.3 Å². The molecule has 0 N–H and O–H groups in total. The molecule has 0 spiro atoms. The molecular formula is C20H19F3N2O5S. The van der Waals surface area contributed by atoms with Crippen molar-refractivity contribution in [3.05, 3.63) is 66.1 Å². The van der Waals surface area contributed by atoms with Crippen LogP contribution in [0.4, 0.5) is 18.0 Å². The van der Waals surface area contributed by atoms with E-state index in [9.17, 15) is 26.4 Å². The Morgan fingerprint density at radius 1 is 1.10 bits per heavy atom. The Kier molecular flexibility index (Phi) is 6.84. The van der Waals surface area contributed by atoms with Gasteiger partial charge in [0.15, 0.2) is 5.75 Å². The topological polar surface area (TPSA) is 85.8 Å². The van der Waals surface area contributed by atoms with Crippen molar-refractivity contribution in [2.75, 3.05) is 6.54 Å². The van der Waals surface area contributed by atoms with Gasteiger partial charge in [0.1, 0.15) is 5.75 Å². The molecule has 7 nitrogen and oxygen atoms in total. The van der Waals surface area contributed by atoms with Crippen molar-refractivity contribution >= 4 is 16.2 Å². The third kappa shape index (κ3) is 5.75. The normalized spacial score (nSPS) is 14.7. The van der Waals surface area contributed by atoms with E-state index < -0.39 is 27.5 Å². The Bertz CT molecular complexity index is 1060. The van der Waals surface area contributed by atoms with Crippen LogP contribution in [0.5, 0.6) is 11.5 Å². The van der Waals surface area contributed by atoms with Crippen molar-refractivity contribution in [3.63, 3.8) is 0 Å². The number of carbonyl (C=O) groups is 1. The average molecular weight is 456 g/mol. The lowest BCUT2D eigenvalue weighted by molar-refractivity contribution is -0.0500. The number of ether oxygens (including phenoxy) is 1. The summed E-state index contributed by atoms with van der Waals surface area (Å²) in [5.41, 5.74) is -4.91. The van der Waals surface area contributed by atoms with Crippen LogP contribution < -0.4 is 8.92 Å². The minimum Gasteiger partial charge on any atom is -0.410 e. The maximum absolute atomic E-state index is 12.6. The predicted molar refractivity (Wildman–Crippen MR) is 105 cm³/mol. The van der Waals surface area contributed by atoms with Crippen LogP contribution in [0.3, 0.4) is 0 Å². The van der Waals surface area contributed by atoms with Crippen LogP contribution >= 0.6 is 0 Å². The average Bonchev–Trinajstić information content (AvgIpc) is 2.73. The van der Waals surface area contributed by atoms with Crippen molar-refractivity contribution in [1.82, 2.24) is 9.88 Å². The number of hydrogen-bond donors (Lipinski definition) is 0. The van der Waals surface area contributed by atoms with Gasteiger partial charge in [-0.1, -0.05) is 24.3 Å². The molecule has 1 aliphatic heterocycles. The number of pyridine rings is 1. The molecule has 2 heterocycles. The summed E-state index contributed by atoms with van der Waals surface area (Å²) in [5, 5.41) is 0. The fourth-order valence-corrected chi connectivity index (χ4v) is 3.44. The summed E-state index contributed by atoms with van der Waals surface area (Å²) in [5.74, 6) is -0.121. The van der Waals surface area contributed by atoms with E-state index in [-0.39, 0.29) is 18.5 Å². The van der Waals surface area contributed by atoms with E-state index in [4.69, 9.17) is 4.74 Å². The van der Waals surface area contributed by atoms with Gasteiger partial charge in [-0.3, -0.25) is 9.88 Å².